The van der Waals surface area contributed by atoms with Crippen molar-refractivity contribution < 1.29 is 9.59 Å². The molecule has 2 atom stereocenters. The summed E-state index contributed by atoms with van der Waals surface area (Å²) < 4.78 is 0. The summed E-state index contributed by atoms with van der Waals surface area (Å²) in [6, 6.07) is 9.42. The lowest BCUT2D eigenvalue weighted by molar-refractivity contribution is -0.151. The largest absolute Gasteiger partial charge is 0.328 e. The standard InChI is InChI=1S/C21H29NO2/c1-2-13-22-20(17-11-7-4-8-12-17)19(23)15-18(21(22)24)14-16-9-5-3-6-10-16/h4,7-8,11-12,16,18,20H,2-3,5-6,9-10,13-15H2,1H3. The predicted molar refractivity (Wildman–Crippen MR) is 95.5 cm³/mol. The molecule has 1 aromatic carbocycles. The second-order valence-electron chi connectivity index (χ2n) is 7.45. The summed E-state index contributed by atoms with van der Waals surface area (Å²) in [5.41, 5.74) is 0.959. The van der Waals surface area contributed by atoms with Crippen molar-refractivity contribution in [2.24, 2.45) is 11.8 Å². The molecular formula is C21H29NO2. The van der Waals surface area contributed by atoms with Crippen LogP contribution in [-0.2, 0) is 9.59 Å². The van der Waals surface area contributed by atoms with Crippen molar-refractivity contribution in [1.82, 2.24) is 4.90 Å². The molecule has 2 fully saturated rings. The first kappa shape index (κ1) is 17.2. The van der Waals surface area contributed by atoms with E-state index in [0.29, 0.717) is 18.9 Å². The lowest BCUT2D eigenvalue weighted by Crippen LogP contribution is -2.48. The van der Waals surface area contributed by atoms with Gasteiger partial charge in [0.15, 0.2) is 5.78 Å². The monoisotopic (exact) mass is 327 g/mol. The van der Waals surface area contributed by atoms with Crippen LogP contribution in [0.3, 0.4) is 0 Å². The Morgan fingerprint density at radius 2 is 1.75 bits per heavy atom. The number of nitrogens with zero attached hydrogens (tertiary/aromatic N) is 1. The molecular weight excluding hydrogens is 298 g/mol. The SMILES string of the molecule is CCCN1C(=O)C(CC2CCCCC2)CC(=O)C1c1ccccc1. The number of benzene rings is 1. The molecule has 3 heteroatoms. The first-order chi connectivity index (χ1) is 11.7. The first-order valence-corrected chi connectivity index (χ1v) is 9.58. The third-order valence-electron chi connectivity index (χ3n) is 5.62. The Kier molecular flexibility index (Phi) is 5.70. The molecule has 1 saturated carbocycles. The Balaban J connectivity index is 1.77. The van der Waals surface area contributed by atoms with Crippen LogP contribution in [-0.4, -0.2) is 23.1 Å². The van der Waals surface area contributed by atoms with Crippen LogP contribution < -0.4 is 0 Å². The topological polar surface area (TPSA) is 37.4 Å². The van der Waals surface area contributed by atoms with Gasteiger partial charge < -0.3 is 4.90 Å². The van der Waals surface area contributed by atoms with E-state index in [9.17, 15) is 9.59 Å². The highest BCUT2D eigenvalue weighted by molar-refractivity contribution is 5.97. The maximum Gasteiger partial charge on any atom is 0.227 e. The lowest BCUT2D eigenvalue weighted by atomic mass is 9.78. The van der Waals surface area contributed by atoms with Crippen LogP contribution >= 0.6 is 0 Å². The fourth-order valence-corrected chi connectivity index (χ4v) is 4.47. The average molecular weight is 327 g/mol. The Hall–Kier alpha value is -1.64. The van der Waals surface area contributed by atoms with Gasteiger partial charge in [-0.2, -0.15) is 0 Å². The Morgan fingerprint density at radius 3 is 2.42 bits per heavy atom. The van der Waals surface area contributed by atoms with E-state index in [2.05, 4.69) is 6.92 Å². The average Bonchev–Trinajstić information content (AvgIpc) is 2.61. The van der Waals surface area contributed by atoms with Gasteiger partial charge in [0, 0.05) is 18.9 Å². The minimum atomic E-state index is -0.374. The highest BCUT2D eigenvalue weighted by atomic mass is 16.2. The van der Waals surface area contributed by atoms with E-state index in [4.69, 9.17) is 0 Å². The third kappa shape index (κ3) is 3.71. The summed E-state index contributed by atoms with van der Waals surface area (Å²) in [6.45, 7) is 2.75. The van der Waals surface area contributed by atoms with Crippen molar-refractivity contribution in [2.45, 2.75) is 64.3 Å². The molecule has 1 heterocycles. The fourth-order valence-electron chi connectivity index (χ4n) is 4.47. The smallest absolute Gasteiger partial charge is 0.227 e. The maximum atomic E-state index is 13.1. The minimum absolute atomic E-state index is 0.0906. The number of amides is 1. The first-order valence-electron chi connectivity index (χ1n) is 9.58. The van der Waals surface area contributed by atoms with Crippen LogP contribution in [0.15, 0.2) is 30.3 Å². The molecule has 0 spiro atoms. The Labute approximate surface area is 145 Å². The maximum absolute atomic E-state index is 13.1. The summed E-state index contributed by atoms with van der Waals surface area (Å²) >= 11 is 0. The number of carbonyl (C=O) groups is 2. The van der Waals surface area contributed by atoms with E-state index in [1.54, 1.807) is 0 Å². The van der Waals surface area contributed by atoms with Crippen LogP contribution in [0.2, 0.25) is 0 Å². The number of hydrogen-bond donors (Lipinski definition) is 0. The molecule has 3 nitrogen and oxygen atoms in total. The zero-order chi connectivity index (χ0) is 16.9. The minimum Gasteiger partial charge on any atom is -0.328 e. The number of ketones is 1. The Bertz CT molecular complexity index is 562. The van der Waals surface area contributed by atoms with Crippen molar-refractivity contribution in [3.63, 3.8) is 0 Å². The number of rotatable bonds is 5. The van der Waals surface area contributed by atoms with E-state index >= 15 is 0 Å². The molecule has 0 aromatic heterocycles. The zero-order valence-electron chi connectivity index (χ0n) is 14.7. The number of carbonyl (C=O) groups excluding carboxylic acids is 2. The molecule has 0 radical (unpaired) electrons. The molecule has 1 aliphatic carbocycles. The van der Waals surface area contributed by atoms with Gasteiger partial charge in [0.1, 0.15) is 6.04 Å². The van der Waals surface area contributed by atoms with Gasteiger partial charge in [-0.05, 0) is 24.3 Å². The van der Waals surface area contributed by atoms with Crippen LogP contribution in [0.1, 0.15) is 69.9 Å². The van der Waals surface area contributed by atoms with E-state index in [-0.39, 0.29) is 23.7 Å². The lowest BCUT2D eigenvalue weighted by Gasteiger charge is -2.39. The number of Topliss-reactive ketones (excluding diaryl/α,β-unsaturated/α-hetero) is 1. The molecule has 2 aliphatic rings. The van der Waals surface area contributed by atoms with Gasteiger partial charge in [0.05, 0.1) is 0 Å². The molecule has 1 saturated heterocycles. The second-order valence-corrected chi connectivity index (χ2v) is 7.45. The summed E-state index contributed by atoms with van der Waals surface area (Å²) in [5.74, 6) is 0.968. The van der Waals surface area contributed by atoms with E-state index in [1.807, 2.05) is 35.2 Å². The van der Waals surface area contributed by atoms with E-state index in [1.165, 1.54) is 32.1 Å². The molecule has 3 rings (SSSR count). The van der Waals surface area contributed by atoms with Crippen molar-refractivity contribution in [3.05, 3.63) is 35.9 Å². The van der Waals surface area contributed by atoms with Gasteiger partial charge in [0.25, 0.3) is 0 Å². The summed E-state index contributed by atoms with van der Waals surface area (Å²) in [4.78, 5) is 27.8. The van der Waals surface area contributed by atoms with Crippen molar-refractivity contribution in [3.8, 4) is 0 Å². The summed E-state index contributed by atoms with van der Waals surface area (Å²) in [7, 11) is 0. The Morgan fingerprint density at radius 1 is 1.04 bits per heavy atom. The van der Waals surface area contributed by atoms with Gasteiger partial charge in [-0.3, -0.25) is 9.59 Å². The van der Waals surface area contributed by atoms with Gasteiger partial charge in [-0.25, -0.2) is 0 Å². The van der Waals surface area contributed by atoms with Crippen LogP contribution in [0, 0.1) is 11.8 Å². The number of piperidine rings is 1. The van der Waals surface area contributed by atoms with Crippen LogP contribution in [0.25, 0.3) is 0 Å². The predicted octanol–water partition coefficient (Wildman–Crippen LogP) is 4.53. The molecule has 1 aromatic rings. The summed E-state index contributed by atoms with van der Waals surface area (Å²) in [6.07, 6.45) is 8.57. The molecule has 130 valence electrons. The van der Waals surface area contributed by atoms with Gasteiger partial charge in [-0.1, -0.05) is 69.4 Å². The van der Waals surface area contributed by atoms with Gasteiger partial charge in [-0.15, -0.1) is 0 Å². The normalized spacial score (nSPS) is 26.0. The molecule has 24 heavy (non-hydrogen) atoms. The number of hydrogen-bond acceptors (Lipinski definition) is 2. The molecule has 2 unspecified atom stereocenters. The van der Waals surface area contributed by atoms with Gasteiger partial charge in [0.2, 0.25) is 5.91 Å². The fraction of sp³-hybridized carbons (Fsp3) is 0.619. The van der Waals surface area contributed by atoms with Crippen molar-refractivity contribution in [1.29, 1.82) is 0 Å². The number of likely N-dealkylation sites (tertiary alicyclic amines) is 1. The zero-order valence-corrected chi connectivity index (χ0v) is 14.7. The van der Waals surface area contributed by atoms with Crippen molar-refractivity contribution in [2.75, 3.05) is 6.54 Å². The highest BCUT2D eigenvalue weighted by Crippen LogP contribution is 2.37. The molecule has 0 N–H and O–H groups in total. The molecule has 0 bridgehead atoms. The third-order valence-corrected chi connectivity index (χ3v) is 5.62. The van der Waals surface area contributed by atoms with Crippen molar-refractivity contribution >= 4 is 11.7 Å². The van der Waals surface area contributed by atoms with Crippen LogP contribution in [0.4, 0.5) is 0 Å². The molecule has 1 amide bonds. The van der Waals surface area contributed by atoms with E-state index < -0.39 is 0 Å². The van der Waals surface area contributed by atoms with Crippen LogP contribution in [0.5, 0.6) is 0 Å². The highest BCUT2D eigenvalue weighted by Gasteiger charge is 2.41. The quantitative estimate of drug-likeness (QED) is 0.797. The van der Waals surface area contributed by atoms with E-state index in [0.717, 1.165) is 18.4 Å². The summed E-state index contributed by atoms with van der Waals surface area (Å²) in [5, 5.41) is 0. The van der Waals surface area contributed by atoms with Gasteiger partial charge >= 0.3 is 0 Å². The molecule has 1 aliphatic heterocycles. The second kappa shape index (κ2) is 7.96.